The molecule has 0 saturated carbocycles. The van der Waals surface area contributed by atoms with Gasteiger partial charge in [-0.3, -0.25) is 5.10 Å². The third-order valence-electron chi connectivity index (χ3n) is 4.48. The molecule has 4 rings (SSSR count). The fourth-order valence-corrected chi connectivity index (χ4v) is 3.21. The van der Waals surface area contributed by atoms with Gasteiger partial charge in [0.25, 0.3) is 0 Å². The molecule has 0 atom stereocenters. The number of hydrogen-bond acceptors (Lipinski definition) is 5. The Bertz CT molecular complexity index is 949. The average molecular weight is 352 g/mol. The summed E-state index contributed by atoms with van der Waals surface area (Å²) >= 11 is 0. The summed E-state index contributed by atoms with van der Waals surface area (Å²) in [4.78, 5) is 0. The van der Waals surface area contributed by atoms with E-state index in [1.807, 2.05) is 31.2 Å². The first-order valence-electron chi connectivity index (χ1n) is 8.66. The summed E-state index contributed by atoms with van der Waals surface area (Å²) in [6.07, 6.45) is 3.34. The van der Waals surface area contributed by atoms with Gasteiger partial charge in [0.2, 0.25) is 0 Å². The van der Waals surface area contributed by atoms with E-state index >= 15 is 0 Å². The monoisotopic (exact) mass is 352 g/mol. The molecular formula is C20H20N2O4. The van der Waals surface area contributed by atoms with Crippen LogP contribution in [0.25, 0.3) is 22.4 Å². The summed E-state index contributed by atoms with van der Waals surface area (Å²) in [6, 6.07) is 8.91. The first kappa shape index (κ1) is 16.3. The van der Waals surface area contributed by atoms with Crippen LogP contribution in [0.5, 0.6) is 23.0 Å². The van der Waals surface area contributed by atoms with Crippen LogP contribution in [-0.4, -0.2) is 33.6 Å². The lowest BCUT2D eigenvalue weighted by atomic mass is 9.97. The number of aromatic hydroxyl groups is 2. The van der Waals surface area contributed by atoms with Crippen LogP contribution >= 0.6 is 0 Å². The molecule has 6 heteroatoms. The summed E-state index contributed by atoms with van der Waals surface area (Å²) in [5, 5.41) is 27.5. The van der Waals surface area contributed by atoms with Crippen LogP contribution in [0.4, 0.5) is 0 Å². The highest BCUT2D eigenvalue weighted by Crippen LogP contribution is 2.41. The SMILES string of the molecule is CCCc1cc(-c2[nH]ncc2-c2ccc3c(c2)OCCO3)c(O)cc1O. The van der Waals surface area contributed by atoms with Crippen molar-refractivity contribution in [3.8, 4) is 45.4 Å². The van der Waals surface area contributed by atoms with Gasteiger partial charge in [0.1, 0.15) is 24.7 Å². The molecule has 2 heterocycles. The molecular weight excluding hydrogens is 332 g/mol. The molecule has 0 fully saturated rings. The molecule has 0 aliphatic carbocycles. The highest BCUT2D eigenvalue weighted by Gasteiger charge is 2.18. The van der Waals surface area contributed by atoms with Crippen molar-refractivity contribution in [1.29, 1.82) is 0 Å². The topological polar surface area (TPSA) is 87.6 Å². The second-order valence-corrected chi connectivity index (χ2v) is 6.27. The Morgan fingerprint density at radius 2 is 1.81 bits per heavy atom. The third-order valence-corrected chi connectivity index (χ3v) is 4.48. The maximum Gasteiger partial charge on any atom is 0.161 e. The molecule has 3 N–H and O–H groups in total. The van der Waals surface area contributed by atoms with Gasteiger partial charge in [-0.05, 0) is 35.7 Å². The Hall–Kier alpha value is -3.15. The Labute approximate surface area is 151 Å². The maximum absolute atomic E-state index is 10.4. The first-order chi connectivity index (χ1) is 12.7. The van der Waals surface area contributed by atoms with Crippen LogP contribution in [0.3, 0.4) is 0 Å². The number of rotatable bonds is 4. The molecule has 1 aromatic heterocycles. The second-order valence-electron chi connectivity index (χ2n) is 6.27. The maximum atomic E-state index is 10.4. The second kappa shape index (κ2) is 6.63. The van der Waals surface area contributed by atoms with Crippen LogP contribution in [-0.2, 0) is 6.42 Å². The number of H-pyrrole nitrogens is 1. The van der Waals surface area contributed by atoms with Crippen molar-refractivity contribution in [3.63, 3.8) is 0 Å². The molecule has 0 amide bonds. The van der Waals surface area contributed by atoms with Crippen molar-refractivity contribution in [1.82, 2.24) is 10.2 Å². The molecule has 0 saturated heterocycles. The molecule has 1 aliphatic heterocycles. The quantitative estimate of drug-likeness (QED) is 0.663. The zero-order valence-corrected chi connectivity index (χ0v) is 14.5. The lowest BCUT2D eigenvalue weighted by molar-refractivity contribution is 0.171. The molecule has 3 aromatic rings. The summed E-state index contributed by atoms with van der Waals surface area (Å²) in [5.74, 6) is 1.53. The number of benzene rings is 2. The van der Waals surface area contributed by atoms with Gasteiger partial charge in [0.15, 0.2) is 11.5 Å². The number of fused-ring (bicyclic) bond motifs is 1. The smallest absolute Gasteiger partial charge is 0.161 e. The van der Waals surface area contributed by atoms with E-state index in [0.717, 1.165) is 35.3 Å². The fraction of sp³-hybridized carbons (Fsp3) is 0.250. The van der Waals surface area contributed by atoms with Gasteiger partial charge < -0.3 is 19.7 Å². The largest absolute Gasteiger partial charge is 0.508 e. The number of nitrogens with zero attached hydrogens (tertiary/aromatic N) is 1. The Balaban J connectivity index is 1.80. The van der Waals surface area contributed by atoms with Crippen LogP contribution in [0.2, 0.25) is 0 Å². The number of aryl methyl sites for hydroxylation is 1. The first-order valence-corrected chi connectivity index (χ1v) is 8.66. The Kier molecular flexibility index (Phi) is 4.16. The minimum Gasteiger partial charge on any atom is -0.508 e. The molecule has 0 bridgehead atoms. The normalized spacial score (nSPS) is 13.0. The number of nitrogens with one attached hydrogen (secondary N) is 1. The molecule has 0 unspecified atom stereocenters. The summed E-state index contributed by atoms with van der Waals surface area (Å²) in [6.45, 7) is 3.11. The molecule has 26 heavy (non-hydrogen) atoms. The molecule has 0 radical (unpaired) electrons. The van der Waals surface area contributed by atoms with E-state index < -0.39 is 0 Å². The number of aromatic amines is 1. The summed E-state index contributed by atoms with van der Waals surface area (Å²) in [7, 11) is 0. The lowest BCUT2D eigenvalue weighted by Crippen LogP contribution is -2.15. The summed E-state index contributed by atoms with van der Waals surface area (Å²) in [5.41, 5.74) is 3.83. The number of aromatic nitrogens is 2. The number of phenols is 2. The number of hydrogen-bond donors (Lipinski definition) is 3. The van der Waals surface area contributed by atoms with Crippen molar-refractivity contribution in [2.45, 2.75) is 19.8 Å². The minimum absolute atomic E-state index is 0.00500. The van der Waals surface area contributed by atoms with Crippen molar-refractivity contribution in [2.75, 3.05) is 13.2 Å². The predicted octanol–water partition coefficient (Wildman–Crippen LogP) is 3.88. The molecule has 2 aromatic carbocycles. The van der Waals surface area contributed by atoms with Gasteiger partial charge >= 0.3 is 0 Å². The van der Waals surface area contributed by atoms with Crippen LogP contribution in [0, 0.1) is 0 Å². The van der Waals surface area contributed by atoms with Gasteiger partial charge in [-0.15, -0.1) is 0 Å². The van der Waals surface area contributed by atoms with Crippen molar-refractivity contribution < 1.29 is 19.7 Å². The zero-order valence-electron chi connectivity index (χ0n) is 14.5. The van der Waals surface area contributed by atoms with E-state index in [-0.39, 0.29) is 11.5 Å². The Morgan fingerprint density at radius 3 is 2.62 bits per heavy atom. The molecule has 134 valence electrons. The average Bonchev–Trinajstić information content (AvgIpc) is 3.13. The van der Waals surface area contributed by atoms with E-state index in [1.54, 1.807) is 6.20 Å². The van der Waals surface area contributed by atoms with E-state index in [0.29, 0.717) is 30.2 Å². The van der Waals surface area contributed by atoms with E-state index in [2.05, 4.69) is 10.2 Å². The molecule has 1 aliphatic rings. The van der Waals surface area contributed by atoms with Gasteiger partial charge in [0, 0.05) is 17.2 Å². The van der Waals surface area contributed by atoms with Gasteiger partial charge in [-0.1, -0.05) is 19.4 Å². The van der Waals surface area contributed by atoms with Crippen molar-refractivity contribution in [3.05, 3.63) is 42.1 Å². The van der Waals surface area contributed by atoms with E-state index in [4.69, 9.17) is 9.47 Å². The molecule has 6 nitrogen and oxygen atoms in total. The van der Waals surface area contributed by atoms with Gasteiger partial charge in [-0.2, -0.15) is 5.10 Å². The van der Waals surface area contributed by atoms with E-state index in [1.165, 1.54) is 6.07 Å². The summed E-state index contributed by atoms with van der Waals surface area (Å²) < 4.78 is 11.2. The van der Waals surface area contributed by atoms with Gasteiger partial charge in [0.05, 0.1) is 11.9 Å². The highest BCUT2D eigenvalue weighted by molar-refractivity contribution is 5.84. The lowest BCUT2D eigenvalue weighted by Gasteiger charge is -2.19. The third kappa shape index (κ3) is 2.83. The van der Waals surface area contributed by atoms with Crippen LogP contribution in [0.15, 0.2) is 36.5 Å². The van der Waals surface area contributed by atoms with Crippen molar-refractivity contribution in [2.24, 2.45) is 0 Å². The van der Waals surface area contributed by atoms with E-state index in [9.17, 15) is 10.2 Å². The highest BCUT2D eigenvalue weighted by atomic mass is 16.6. The fourth-order valence-electron chi connectivity index (χ4n) is 3.21. The minimum atomic E-state index is 0.00500. The van der Waals surface area contributed by atoms with Crippen molar-refractivity contribution >= 4 is 0 Å². The van der Waals surface area contributed by atoms with Crippen LogP contribution in [0.1, 0.15) is 18.9 Å². The Morgan fingerprint density at radius 1 is 1.00 bits per heavy atom. The predicted molar refractivity (Wildman–Crippen MR) is 97.8 cm³/mol. The van der Waals surface area contributed by atoms with Gasteiger partial charge in [-0.25, -0.2) is 0 Å². The standard InChI is InChI=1S/C20H20N2O4/c1-2-3-13-8-14(17(24)10-16(13)23)20-15(11-21-22-20)12-4-5-18-19(9-12)26-7-6-25-18/h4-5,8-11,23-24H,2-3,6-7H2,1H3,(H,21,22). The van der Waals surface area contributed by atoms with Crippen LogP contribution < -0.4 is 9.47 Å². The number of phenolic OH excluding ortho intramolecular Hbond substituents is 2. The number of ether oxygens (including phenoxy) is 2. The zero-order chi connectivity index (χ0) is 18.1. The molecule has 0 spiro atoms.